The Balaban J connectivity index is 1.49. The van der Waals surface area contributed by atoms with Crippen LogP contribution in [0.4, 0.5) is 5.69 Å². The minimum absolute atomic E-state index is 0.598. The van der Waals surface area contributed by atoms with Crippen LogP contribution in [0.5, 0.6) is 0 Å². The highest BCUT2D eigenvalue weighted by molar-refractivity contribution is 7.80. The van der Waals surface area contributed by atoms with Crippen LogP contribution >= 0.6 is 23.8 Å². The van der Waals surface area contributed by atoms with Crippen LogP contribution in [0.15, 0.2) is 48.5 Å². The first-order chi connectivity index (χ1) is 12.2. The first kappa shape index (κ1) is 18.1. The lowest BCUT2D eigenvalue weighted by molar-refractivity contribution is 0.0342. The van der Waals surface area contributed by atoms with Gasteiger partial charge in [0.15, 0.2) is 5.11 Å². The first-order valence-electron chi connectivity index (χ1n) is 8.37. The van der Waals surface area contributed by atoms with Crippen LogP contribution in [0, 0.1) is 0 Å². The molecule has 1 aliphatic rings. The molecule has 132 valence electrons. The Morgan fingerprint density at radius 1 is 1.08 bits per heavy atom. The Hall–Kier alpha value is -1.66. The Kier molecular flexibility index (Phi) is 6.64. The van der Waals surface area contributed by atoms with Crippen molar-refractivity contribution >= 4 is 34.6 Å². The summed E-state index contributed by atoms with van der Waals surface area (Å²) in [6.45, 7) is 5.30. The van der Waals surface area contributed by atoms with E-state index < -0.39 is 0 Å². The van der Waals surface area contributed by atoms with Crippen molar-refractivity contribution in [1.82, 2.24) is 10.2 Å². The molecule has 2 N–H and O–H groups in total. The predicted octanol–water partition coefficient (Wildman–Crippen LogP) is 3.66. The Bertz CT molecular complexity index is 702. The summed E-state index contributed by atoms with van der Waals surface area (Å²) in [5.74, 6) is 0. The van der Waals surface area contributed by atoms with Gasteiger partial charge < -0.3 is 15.4 Å². The van der Waals surface area contributed by atoms with Crippen molar-refractivity contribution in [2.45, 2.75) is 13.1 Å². The highest BCUT2D eigenvalue weighted by Crippen LogP contribution is 2.13. The molecule has 6 heteroatoms. The van der Waals surface area contributed by atoms with Gasteiger partial charge >= 0.3 is 0 Å². The number of hydrogen-bond donors (Lipinski definition) is 2. The van der Waals surface area contributed by atoms with E-state index in [1.807, 2.05) is 24.3 Å². The lowest BCUT2D eigenvalue weighted by Crippen LogP contribution is -2.35. The molecular formula is C19H22ClN3OS. The SMILES string of the molecule is S=C(NCc1cccc(CN2CCOCC2)c1)Nc1ccc(Cl)cc1. The second kappa shape index (κ2) is 9.15. The normalized spacial score (nSPS) is 14.9. The maximum Gasteiger partial charge on any atom is 0.171 e. The largest absolute Gasteiger partial charge is 0.379 e. The molecule has 0 aliphatic carbocycles. The molecule has 25 heavy (non-hydrogen) atoms. The Morgan fingerprint density at radius 2 is 1.80 bits per heavy atom. The maximum atomic E-state index is 5.89. The maximum absolute atomic E-state index is 5.89. The molecule has 0 aromatic heterocycles. The van der Waals surface area contributed by atoms with E-state index in [0.717, 1.165) is 38.5 Å². The number of morpholine rings is 1. The number of halogens is 1. The number of hydrogen-bond acceptors (Lipinski definition) is 3. The lowest BCUT2D eigenvalue weighted by atomic mass is 10.1. The fraction of sp³-hybridized carbons (Fsp3) is 0.316. The van der Waals surface area contributed by atoms with E-state index in [0.29, 0.717) is 16.7 Å². The topological polar surface area (TPSA) is 36.5 Å². The minimum atomic E-state index is 0.598. The number of benzene rings is 2. The second-order valence-electron chi connectivity index (χ2n) is 6.02. The number of nitrogens with one attached hydrogen (secondary N) is 2. The van der Waals surface area contributed by atoms with Crippen LogP contribution in [0.25, 0.3) is 0 Å². The highest BCUT2D eigenvalue weighted by atomic mass is 35.5. The van der Waals surface area contributed by atoms with Gasteiger partial charge in [-0.1, -0.05) is 35.9 Å². The molecule has 2 aromatic carbocycles. The van der Waals surface area contributed by atoms with Gasteiger partial charge in [-0.3, -0.25) is 4.90 Å². The molecule has 0 unspecified atom stereocenters. The van der Waals surface area contributed by atoms with Crippen molar-refractivity contribution in [2.24, 2.45) is 0 Å². The quantitative estimate of drug-likeness (QED) is 0.780. The van der Waals surface area contributed by atoms with Crippen LogP contribution < -0.4 is 10.6 Å². The van der Waals surface area contributed by atoms with Crippen molar-refractivity contribution in [3.8, 4) is 0 Å². The molecular weight excluding hydrogens is 354 g/mol. The van der Waals surface area contributed by atoms with E-state index in [1.54, 1.807) is 0 Å². The van der Waals surface area contributed by atoms with Gasteiger partial charge in [0, 0.05) is 36.9 Å². The van der Waals surface area contributed by atoms with Gasteiger partial charge in [0.25, 0.3) is 0 Å². The third-order valence-corrected chi connectivity index (χ3v) is 4.55. The van der Waals surface area contributed by atoms with Gasteiger partial charge in [-0.2, -0.15) is 0 Å². The molecule has 4 nitrogen and oxygen atoms in total. The van der Waals surface area contributed by atoms with Crippen LogP contribution in [0.1, 0.15) is 11.1 Å². The average molecular weight is 376 g/mol. The predicted molar refractivity (Wildman–Crippen MR) is 107 cm³/mol. The van der Waals surface area contributed by atoms with Gasteiger partial charge in [0.2, 0.25) is 0 Å². The van der Waals surface area contributed by atoms with Crippen molar-refractivity contribution in [1.29, 1.82) is 0 Å². The molecule has 1 heterocycles. The summed E-state index contributed by atoms with van der Waals surface area (Å²) in [6, 6.07) is 16.1. The van der Waals surface area contributed by atoms with Gasteiger partial charge in [-0.25, -0.2) is 0 Å². The molecule has 1 aliphatic heterocycles. The molecule has 1 saturated heterocycles. The first-order valence-corrected chi connectivity index (χ1v) is 9.16. The minimum Gasteiger partial charge on any atom is -0.379 e. The molecule has 3 rings (SSSR count). The fourth-order valence-corrected chi connectivity index (χ4v) is 3.06. The summed E-state index contributed by atoms with van der Waals surface area (Å²) in [5.41, 5.74) is 3.45. The summed E-state index contributed by atoms with van der Waals surface area (Å²) in [6.07, 6.45) is 0. The standard InChI is InChI=1S/C19H22ClN3OS/c20-17-4-6-18(7-5-17)22-19(25)21-13-15-2-1-3-16(12-15)14-23-8-10-24-11-9-23/h1-7,12H,8-11,13-14H2,(H2,21,22,25). The van der Waals surface area contributed by atoms with E-state index in [-0.39, 0.29) is 0 Å². The van der Waals surface area contributed by atoms with Crippen molar-refractivity contribution in [3.05, 3.63) is 64.7 Å². The summed E-state index contributed by atoms with van der Waals surface area (Å²) in [5, 5.41) is 7.71. The zero-order chi connectivity index (χ0) is 17.5. The number of nitrogens with zero attached hydrogens (tertiary/aromatic N) is 1. The summed E-state index contributed by atoms with van der Waals surface area (Å²) < 4.78 is 5.40. The van der Waals surface area contributed by atoms with E-state index in [9.17, 15) is 0 Å². The fourth-order valence-electron chi connectivity index (χ4n) is 2.75. The van der Waals surface area contributed by atoms with Crippen molar-refractivity contribution in [2.75, 3.05) is 31.6 Å². The van der Waals surface area contributed by atoms with Crippen LogP contribution in [-0.4, -0.2) is 36.3 Å². The van der Waals surface area contributed by atoms with E-state index in [2.05, 4.69) is 39.8 Å². The van der Waals surface area contributed by atoms with Crippen molar-refractivity contribution in [3.63, 3.8) is 0 Å². The molecule has 2 aromatic rings. The Morgan fingerprint density at radius 3 is 2.56 bits per heavy atom. The zero-order valence-corrected chi connectivity index (χ0v) is 15.6. The summed E-state index contributed by atoms with van der Waals surface area (Å²) in [7, 11) is 0. The number of ether oxygens (including phenoxy) is 1. The molecule has 1 fully saturated rings. The van der Waals surface area contributed by atoms with Gasteiger partial charge in [-0.15, -0.1) is 0 Å². The van der Waals surface area contributed by atoms with E-state index in [4.69, 9.17) is 28.6 Å². The third kappa shape index (κ3) is 5.97. The van der Waals surface area contributed by atoms with Gasteiger partial charge in [-0.05, 0) is 47.6 Å². The lowest BCUT2D eigenvalue weighted by Gasteiger charge is -2.26. The van der Waals surface area contributed by atoms with Crippen LogP contribution in [0.3, 0.4) is 0 Å². The van der Waals surface area contributed by atoms with Crippen LogP contribution in [0.2, 0.25) is 5.02 Å². The van der Waals surface area contributed by atoms with Gasteiger partial charge in [0.1, 0.15) is 0 Å². The van der Waals surface area contributed by atoms with Crippen LogP contribution in [-0.2, 0) is 17.8 Å². The number of anilines is 1. The third-order valence-electron chi connectivity index (χ3n) is 4.06. The molecule has 0 saturated carbocycles. The highest BCUT2D eigenvalue weighted by Gasteiger charge is 2.10. The molecule has 0 radical (unpaired) electrons. The Labute approximate surface area is 159 Å². The zero-order valence-electron chi connectivity index (χ0n) is 14.0. The number of thiocarbonyl (C=S) groups is 1. The molecule has 0 atom stereocenters. The molecule has 0 spiro atoms. The summed E-state index contributed by atoms with van der Waals surface area (Å²) >= 11 is 11.2. The van der Waals surface area contributed by atoms with E-state index >= 15 is 0 Å². The molecule has 0 bridgehead atoms. The summed E-state index contributed by atoms with van der Waals surface area (Å²) in [4.78, 5) is 2.42. The van der Waals surface area contributed by atoms with Crippen molar-refractivity contribution < 1.29 is 4.74 Å². The average Bonchev–Trinajstić information content (AvgIpc) is 2.63. The second-order valence-corrected chi connectivity index (χ2v) is 6.87. The smallest absolute Gasteiger partial charge is 0.171 e. The molecule has 0 amide bonds. The number of rotatable bonds is 5. The monoisotopic (exact) mass is 375 g/mol. The van der Waals surface area contributed by atoms with E-state index in [1.165, 1.54) is 11.1 Å². The van der Waals surface area contributed by atoms with Gasteiger partial charge in [0.05, 0.1) is 13.2 Å².